The monoisotopic (exact) mass is 296 g/mol. The molecule has 2 aromatic carbocycles. The van der Waals surface area contributed by atoms with Gasteiger partial charge in [-0.15, -0.1) is 0 Å². The molecule has 112 valence electrons. The number of hydrogen-bond acceptors (Lipinski definition) is 4. The minimum Gasteiger partial charge on any atom is -0.497 e. The summed E-state index contributed by atoms with van der Waals surface area (Å²) in [5, 5.41) is 0. The molecular formula is C18H16O4. The van der Waals surface area contributed by atoms with E-state index in [0.717, 1.165) is 16.9 Å². The fraction of sp³-hybridized carbons (Fsp3) is 0.167. The number of hydrogen-bond donors (Lipinski definition) is 0. The Hall–Kier alpha value is -2.75. The van der Waals surface area contributed by atoms with Crippen molar-refractivity contribution in [1.29, 1.82) is 0 Å². The molecule has 0 amide bonds. The second kappa shape index (κ2) is 5.93. The molecule has 2 aromatic rings. The zero-order valence-electron chi connectivity index (χ0n) is 12.5. The van der Waals surface area contributed by atoms with E-state index in [1.165, 1.54) is 0 Å². The SMILES string of the molecule is CCO/C(=C1\OC(=O)c2ccccc21)c1ccc(OC)cc1. The summed E-state index contributed by atoms with van der Waals surface area (Å²) in [5.74, 6) is 1.43. The first-order valence-corrected chi connectivity index (χ1v) is 7.07. The molecule has 4 heteroatoms. The minimum atomic E-state index is -0.351. The topological polar surface area (TPSA) is 44.8 Å². The van der Waals surface area contributed by atoms with E-state index in [2.05, 4.69) is 0 Å². The lowest BCUT2D eigenvalue weighted by Crippen LogP contribution is -1.98. The molecule has 0 aliphatic carbocycles. The fourth-order valence-electron chi connectivity index (χ4n) is 2.40. The van der Waals surface area contributed by atoms with E-state index in [4.69, 9.17) is 14.2 Å². The number of carbonyl (C=O) groups is 1. The van der Waals surface area contributed by atoms with Crippen LogP contribution in [-0.4, -0.2) is 19.7 Å². The number of rotatable bonds is 4. The van der Waals surface area contributed by atoms with Crippen LogP contribution in [0.4, 0.5) is 0 Å². The molecule has 4 nitrogen and oxygen atoms in total. The van der Waals surface area contributed by atoms with Gasteiger partial charge in [0.1, 0.15) is 5.75 Å². The second-order valence-corrected chi connectivity index (χ2v) is 4.75. The highest BCUT2D eigenvalue weighted by atomic mass is 16.6. The molecule has 1 aliphatic rings. The zero-order chi connectivity index (χ0) is 15.5. The average Bonchev–Trinajstić information content (AvgIpc) is 2.90. The molecule has 0 bridgehead atoms. The first kappa shape index (κ1) is 14.2. The van der Waals surface area contributed by atoms with Gasteiger partial charge in [0, 0.05) is 11.1 Å². The van der Waals surface area contributed by atoms with Gasteiger partial charge in [-0.05, 0) is 37.3 Å². The van der Waals surface area contributed by atoms with Crippen molar-refractivity contribution in [1.82, 2.24) is 0 Å². The summed E-state index contributed by atoms with van der Waals surface area (Å²) in [6, 6.07) is 14.8. The Balaban J connectivity index is 2.12. The smallest absolute Gasteiger partial charge is 0.344 e. The van der Waals surface area contributed by atoms with Crippen molar-refractivity contribution in [2.75, 3.05) is 13.7 Å². The fourth-order valence-corrected chi connectivity index (χ4v) is 2.40. The summed E-state index contributed by atoms with van der Waals surface area (Å²) in [5.41, 5.74) is 2.15. The van der Waals surface area contributed by atoms with E-state index in [0.29, 0.717) is 23.7 Å². The summed E-state index contributed by atoms with van der Waals surface area (Å²) < 4.78 is 16.4. The lowest BCUT2D eigenvalue weighted by atomic mass is 10.1. The van der Waals surface area contributed by atoms with Gasteiger partial charge in [-0.25, -0.2) is 4.79 Å². The van der Waals surface area contributed by atoms with Crippen LogP contribution < -0.4 is 4.74 Å². The Morgan fingerprint density at radius 2 is 1.73 bits per heavy atom. The summed E-state index contributed by atoms with van der Waals surface area (Å²) >= 11 is 0. The van der Waals surface area contributed by atoms with Crippen LogP contribution in [0, 0.1) is 0 Å². The Kier molecular flexibility index (Phi) is 3.83. The lowest BCUT2D eigenvalue weighted by molar-refractivity contribution is 0.0712. The van der Waals surface area contributed by atoms with Crippen molar-refractivity contribution < 1.29 is 19.0 Å². The quantitative estimate of drug-likeness (QED) is 0.637. The van der Waals surface area contributed by atoms with Gasteiger partial charge < -0.3 is 14.2 Å². The van der Waals surface area contributed by atoms with Crippen molar-refractivity contribution in [3.8, 4) is 5.75 Å². The molecule has 0 aromatic heterocycles. The third kappa shape index (κ3) is 2.44. The Bertz CT molecular complexity index is 729. The number of ether oxygens (including phenoxy) is 3. The van der Waals surface area contributed by atoms with Crippen molar-refractivity contribution in [2.24, 2.45) is 0 Å². The maximum absolute atomic E-state index is 12.0. The summed E-state index contributed by atoms with van der Waals surface area (Å²) in [4.78, 5) is 12.0. The van der Waals surface area contributed by atoms with E-state index in [-0.39, 0.29) is 5.97 Å². The Morgan fingerprint density at radius 3 is 2.36 bits per heavy atom. The largest absolute Gasteiger partial charge is 0.497 e. The summed E-state index contributed by atoms with van der Waals surface area (Å²) in [7, 11) is 1.62. The maximum Gasteiger partial charge on any atom is 0.344 e. The molecule has 0 unspecified atom stereocenters. The molecule has 0 N–H and O–H groups in total. The standard InChI is InChI=1S/C18H16O4/c1-3-21-16(12-8-10-13(20-2)11-9-12)17-14-6-4-5-7-15(14)18(19)22-17/h4-11H,3H2,1-2H3/b17-16-. The van der Waals surface area contributed by atoms with Crippen LogP contribution in [0.1, 0.15) is 28.4 Å². The summed E-state index contributed by atoms with van der Waals surface area (Å²) in [6.07, 6.45) is 0. The van der Waals surface area contributed by atoms with Gasteiger partial charge in [-0.3, -0.25) is 0 Å². The molecule has 0 saturated heterocycles. The van der Waals surface area contributed by atoms with Gasteiger partial charge >= 0.3 is 5.97 Å². The van der Waals surface area contributed by atoms with Gasteiger partial charge in [0.15, 0.2) is 11.5 Å². The molecule has 0 atom stereocenters. The molecule has 3 rings (SSSR count). The molecule has 1 heterocycles. The van der Waals surface area contributed by atoms with Crippen LogP contribution in [0.5, 0.6) is 5.75 Å². The highest BCUT2D eigenvalue weighted by Gasteiger charge is 2.30. The highest BCUT2D eigenvalue weighted by molar-refractivity contribution is 6.07. The Morgan fingerprint density at radius 1 is 1.05 bits per heavy atom. The van der Waals surface area contributed by atoms with Crippen molar-refractivity contribution in [3.05, 3.63) is 65.2 Å². The predicted molar refractivity (Wildman–Crippen MR) is 83.3 cm³/mol. The van der Waals surface area contributed by atoms with Crippen LogP contribution in [0.25, 0.3) is 11.5 Å². The zero-order valence-corrected chi connectivity index (χ0v) is 12.5. The number of cyclic esters (lactones) is 1. The minimum absolute atomic E-state index is 0.351. The predicted octanol–water partition coefficient (Wildman–Crippen LogP) is 3.73. The molecule has 0 fully saturated rings. The van der Waals surface area contributed by atoms with Crippen LogP contribution in [-0.2, 0) is 9.47 Å². The van der Waals surface area contributed by atoms with Gasteiger partial charge in [0.2, 0.25) is 0 Å². The summed E-state index contributed by atoms with van der Waals surface area (Å²) in [6.45, 7) is 2.37. The van der Waals surface area contributed by atoms with E-state index in [1.807, 2.05) is 49.4 Å². The van der Waals surface area contributed by atoms with Crippen LogP contribution in [0.2, 0.25) is 0 Å². The lowest BCUT2D eigenvalue weighted by Gasteiger charge is -2.12. The van der Waals surface area contributed by atoms with Gasteiger partial charge in [-0.1, -0.05) is 18.2 Å². The first-order chi connectivity index (χ1) is 10.7. The van der Waals surface area contributed by atoms with Crippen molar-refractivity contribution >= 4 is 17.5 Å². The van der Waals surface area contributed by atoms with Gasteiger partial charge in [0.25, 0.3) is 0 Å². The molecule has 22 heavy (non-hydrogen) atoms. The third-order valence-corrected chi connectivity index (χ3v) is 3.43. The number of fused-ring (bicyclic) bond motifs is 1. The number of esters is 1. The van der Waals surface area contributed by atoms with E-state index in [9.17, 15) is 4.79 Å². The highest BCUT2D eigenvalue weighted by Crippen LogP contribution is 2.36. The number of methoxy groups -OCH3 is 1. The average molecular weight is 296 g/mol. The molecule has 0 spiro atoms. The number of carbonyl (C=O) groups excluding carboxylic acids is 1. The Labute approximate surface area is 128 Å². The number of benzene rings is 2. The maximum atomic E-state index is 12.0. The van der Waals surface area contributed by atoms with Crippen LogP contribution in [0.15, 0.2) is 48.5 Å². The van der Waals surface area contributed by atoms with E-state index >= 15 is 0 Å². The molecule has 0 radical (unpaired) electrons. The first-order valence-electron chi connectivity index (χ1n) is 7.07. The van der Waals surface area contributed by atoms with Gasteiger partial charge in [0.05, 0.1) is 19.3 Å². The third-order valence-electron chi connectivity index (χ3n) is 3.43. The van der Waals surface area contributed by atoms with E-state index in [1.54, 1.807) is 13.2 Å². The van der Waals surface area contributed by atoms with Crippen molar-refractivity contribution in [2.45, 2.75) is 6.92 Å². The van der Waals surface area contributed by atoms with Gasteiger partial charge in [-0.2, -0.15) is 0 Å². The van der Waals surface area contributed by atoms with Crippen molar-refractivity contribution in [3.63, 3.8) is 0 Å². The molecule has 1 aliphatic heterocycles. The van der Waals surface area contributed by atoms with Crippen LogP contribution >= 0.6 is 0 Å². The van der Waals surface area contributed by atoms with Crippen LogP contribution in [0.3, 0.4) is 0 Å². The second-order valence-electron chi connectivity index (χ2n) is 4.75. The molecular weight excluding hydrogens is 280 g/mol. The molecule has 0 saturated carbocycles. The van der Waals surface area contributed by atoms with E-state index < -0.39 is 0 Å². The normalized spacial score (nSPS) is 15.1.